The normalized spacial score (nSPS) is 10.3. The van der Waals surface area contributed by atoms with Crippen LogP contribution in [0.25, 0.3) is 11.3 Å². The molecule has 0 saturated heterocycles. The van der Waals surface area contributed by atoms with Crippen LogP contribution in [0.5, 0.6) is 5.75 Å². The summed E-state index contributed by atoms with van der Waals surface area (Å²) in [5, 5.41) is 0.608. The zero-order valence-electron chi connectivity index (χ0n) is 11.7. The fraction of sp³-hybridized carbons (Fsp3) is 0.214. The Morgan fingerprint density at radius 3 is 2.68 bits per heavy atom. The van der Waals surface area contributed by atoms with Crippen molar-refractivity contribution in [2.45, 2.75) is 6.92 Å². The van der Waals surface area contributed by atoms with Gasteiger partial charge in [-0.1, -0.05) is 23.2 Å². The van der Waals surface area contributed by atoms with Gasteiger partial charge in [-0.25, -0.2) is 14.8 Å². The summed E-state index contributed by atoms with van der Waals surface area (Å²) >= 11 is 12.1. The Labute approximate surface area is 137 Å². The van der Waals surface area contributed by atoms with Gasteiger partial charge in [0.1, 0.15) is 10.9 Å². The number of nitrogens with zero attached hydrogens (tertiary/aromatic N) is 2. The van der Waals surface area contributed by atoms with Crippen LogP contribution in [0.3, 0.4) is 0 Å². The van der Waals surface area contributed by atoms with Crippen molar-refractivity contribution in [3.8, 4) is 17.0 Å². The van der Waals surface area contributed by atoms with Crippen molar-refractivity contribution in [1.29, 1.82) is 0 Å². The second-order valence-electron chi connectivity index (χ2n) is 4.17. The van der Waals surface area contributed by atoms with Crippen molar-refractivity contribution < 1.29 is 14.3 Å². The van der Waals surface area contributed by atoms with E-state index in [0.717, 1.165) is 0 Å². The van der Waals surface area contributed by atoms with Crippen molar-refractivity contribution in [1.82, 2.24) is 9.97 Å². The number of halogens is 2. The van der Waals surface area contributed by atoms with E-state index in [2.05, 4.69) is 9.97 Å². The number of hydrogen-bond acceptors (Lipinski definition) is 6. The zero-order valence-corrected chi connectivity index (χ0v) is 13.2. The molecule has 1 aromatic heterocycles. The van der Waals surface area contributed by atoms with Crippen LogP contribution in [0.1, 0.15) is 6.92 Å². The third-order valence-electron chi connectivity index (χ3n) is 2.59. The van der Waals surface area contributed by atoms with E-state index in [0.29, 0.717) is 28.6 Å². The summed E-state index contributed by atoms with van der Waals surface area (Å²) in [6.07, 6.45) is 0. The molecule has 0 bridgehead atoms. The molecule has 22 heavy (non-hydrogen) atoms. The summed E-state index contributed by atoms with van der Waals surface area (Å²) in [6, 6.07) is 6.48. The van der Waals surface area contributed by atoms with E-state index in [9.17, 15) is 4.79 Å². The second kappa shape index (κ2) is 7.29. The highest BCUT2D eigenvalue weighted by molar-refractivity contribution is 6.33. The van der Waals surface area contributed by atoms with Gasteiger partial charge in [0, 0.05) is 11.6 Å². The summed E-state index contributed by atoms with van der Waals surface area (Å²) in [5.41, 5.74) is 6.69. The van der Waals surface area contributed by atoms with Crippen molar-refractivity contribution in [2.24, 2.45) is 0 Å². The largest absolute Gasteiger partial charge is 0.482 e. The van der Waals surface area contributed by atoms with Crippen LogP contribution < -0.4 is 10.5 Å². The number of esters is 1. The predicted molar refractivity (Wildman–Crippen MR) is 84.0 cm³/mol. The molecule has 0 aliphatic carbocycles. The number of aromatic nitrogens is 2. The van der Waals surface area contributed by atoms with Crippen LogP contribution in [0.2, 0.25) is 10.2 Å². The lowest BCUT2D eigenvalue weighted by molar-refractivity contribution is -0.145. The third-order valence-corrected chi connectivity index (χ3v) is 3.10. The van der Waals surface area contributed by atoms with Crippen LogP contribution in [-0.4, -0.2) is 29.2 Å². The van der Waals surface area contributed by atoms with Gasteiger partial charge in [-0.15, -0.1) is 0 Å². The molecule has 0 aliphatic heterocycles. The molecule has 0 atom stereocenters. The molecule has 0 aliphatic rings. The maximum Gasteiger partial charge on any atom is 0.344 e. The number of nitrogen functional groups attached to an aromatic ring is 1. The van der Waals surface area contributed by atoms with Crippen LogP contribution in [0.4, 0.5) is 5.95 Å². The maximum absolute atomic E-state index is 11.2. The summed E-state index contributed by atoms with van der Waals surface area (Å²) < 4.78 is 10.1. The van der Waals surface area contributed by atoms with Gasteiger partial charge in [-0.3, -0.25) is 0 Å². The van der Waals surface area contributed by atoms with Crippen molar-refractivity contribution >= 4 is 35.1 Å². The lowest BCUT2D eigenvalue weighted by Crippen LogP contribution is -2.14. The van der Waals surface area contributed by atoms with E-state index < -0.39 is 5.97 Å². The minimum atomic E-state index is -0.446. The number of rotatable bonds is 5. The highest BCUT2D eigenvalue weighted by atomic mass is 35.5. The Balaban J connectivity index is 2.17. The highest BCUT2D eigenvalue weighted by Crippen LogP contribution is 2.31. The standard InChI is InChI=1S/C14H13Cl2N3O3/c1-2-21-13(20)7-22-8-3-4-9(10(15)5-8)11-6-12(16)19-14(17)18-11/h3-6H,2,7H2,1H3,(H2,17,18,19). The third kappa shape index (κ3) is 4.22. The molecule has 116 valence electrons. The van der Waals surface area contributed by atoms with Crippen molar-refractivity contribution in [3.63, 3.8) is 0 Å². The van der Waals surface area contributed by atoms with E-state index in [-0.39, 0.29) is 17.7 Å². The number of ether oxygens (including phenoxy) is 2. The average Bonchev–Trinajstić information content (AvgIpc) is 2.44. The Hall–Kier alpha value is -2.05. The van der Waals surface area contributed by atoms with Gasteiger partial charge >= 0.3 is 5.97 Å². The average molecular weight is 342 g/mol. The van der Waals surface area contributed by atoms with E-state index in [1.54, 1.807) is 31.2 Å². The van der Waals surface area contributed by atoms with Gasteiger partial charge in [-0.2, -0.15) is 0 Å². The monoisotopic (exact) mass is 341 g/mol. The predicted octanol–water partition coefficient (Wildman–Crippen LogP) is 2.97. The fourth-order valence-corrected chi connectivity index (χ4v) is 2.17. The summed E-state index contributed by atoms with van der Waals surface area (Å²) in [7, 11) is 0. The first-order valence-corrected chi connectivity index (χ1v) is 7.13. The minimum absolute atomic E-state index is 0.0567. The minimum Gasteiger partial charge on any atom is -0.482 e. The lowest BCUT2D eigenvalue weighted by Gasteiger charge is -2.09. The van der Waals surface area contributed by atoms with E-state index >= 15 is 0 Å². The van der Waals surface area contributed by atoms with Gasteiger partial charge in [0.25, 0.3) is 0 Å². The molecule has 0 amide bonds. The van der Waals surface area contributed by atoms with Crippen LogP contribution in [-0.2, 0) is 9.53 Å². The number of hydrogen-bond donors (Lipinski definition) is 1. The molecule has 6 nitrogen and oxygen atoms in total. The number of carbonyl (C=O) groups is 1. The zero-order chi connectivity index (χ0) is 16.1. The van der Waals surface area contributed by atoms with Crippen LogP contribution in [0, 0.1) is 0 Å². The molecule has 1 heterocycles. The second-order valence-corrected chi connectivity index (χ2v) is 4.96. The number of benzene rings is 1. The topological polar surface area (TPSA) is 87.3 Å². The van der Waals surface area contributed by atoms with Gasteiger partial charge < -0.3 is 15.2 Å². The fourth-order valence-electron chi connectivity index (χ4n) is 1.71. The molecule has 1 aromatic carbocycles. The molecule has 0 fully saturated rings. The molecule has 0 saturated carbocycles. The quantitative estimate of drug-likeness (QED) is 0.664. The molecular weight excluding hydrogens is 329 g/mol. The summed E-state index contributed by atoms with van der Waals surface area (Å²) in [6.45, 7) is 1.84. The Morgan fingerprint density at radius 2 is 2.05 bits per heavy atom. The molecule has 2 rings (SSSR count). The first-order valence-electron chi connectivity index (χ1n) is 6.38. The summed E-state index contributed by atoms with van der Waals surface area (Å²) in [5.74, 6) is 0.0502. The van der Waals surface area contributed by atoms with Gasteiger partial charge in [-0.05, 0) is 25.1 Å². The smallest absolute Gasteiger partial charge is 0.344 e. The molecule has 2 N–H and O–H groups in total. The number of carbonyl (C=O) groups excluding carboxylic acids is 1. The number of nitrogens with two attached hydrogens (primary N) is 1. The first kappa shape index (κ1) is 16.3. The first-order chi connectivity index (χ1) is 10.5. The van der Waals surface area contributed by atoms with Crippen LogP contribution >= 0.6 is 23.2 Å². The molecule has 0 spiro atoms. The van der Waals surface area contributed by atoms with Crippen LogP contribution in [0.15, 0.2) is 24.3 Å². The highest BCUT2D eigenvalue weighted by Gasteiger charge is 2.10. The molecule has 8 heteroatoms. The van der Waals surface area contributed by atoms with E-state index in [4.69, 9.17) is 38.4 Å². The lowest BCUT2D eigenvalue weighted by atomic mass is 10.1. The molecular formula is C14H13Cl2N3O3. The Morgan fingerprint density at radius 1 is 1.27 bits per heavy atom. The molecule has 0 unspecified atom stereocenters. The van der Waals surface area contributed by atoms with Gasteiger partial charge in [0.15, 0.2) is 6.61 Å². The van der Waals surface area contributed by atoms with E-state index in [1.165, 1.54) is 0 Å². The Bertz CT molecular complexity index is 675. The number of anilines is 1. The Kier molecular flexibility index (Phi) is 5.41. The molecule has 2 aromatic rings. The van der Waals surface area contributed by atoms with Gasteiger partial charge in [0.05, 0.1) is 17.3 Å². The maximum atomic E-state index is 11.2. The van der Waals surface area contributed by atoms with Gasteiger partial charge in [0.2, 0.25) is 5.95 Å². The summed E-state index contributed by atoms with van der Waals surface area (Å²) in [4.78, 5) is 19.1. The molecule has 0 radical (unpaired) electrons. The SMILES string of the molecule is CCOC(=O)COc1ccc(-c2cc(Cl)nc(N)n2)c(Cl)c1. The van der Waals surface area contributed by atoms with E-state index in [1.807, 2.05) is 0 Å². The van der Waals surface area contributed by atoms with Crippen molar-refractivity contribution in [2.75, 3.05) is 18.9 Å². The van der Waals surface area contributed by atoms with Crippen molar-refractivity contribution in [3.05, 3.63) is 34.4 Å².